The average molecular weight is 548 g/mol. The number of terminal acetylenes is 1. The maximum absolute atomic E-state index is 13.3. The maximum atomic E-state index is 13.3. The molecule has 0 N–H and O–H groups in total. The van der Waals surface area contributed by atoms with Crippen molar-refractivity contribution in [1.82, 2.24) is 8.87 Å². The first-order chi connectivity index (χ1) is 18.3. The molecule has 0 saturated carbocycles. The molecular weight excluding hydrogens is 522 g/mol. The summed E-state index contributed by atoms with van der Waals surface area (Å²) in [5.74, 6) is 3.19. The Bertz CT molecular complexity index is 1750. The molecule has 1 aliphatic heterocycles. The Kier molecular flexibility index (Phi) is 7.08. The number of methoxy groups -OCH3 is 2. The van der Waals surface area contributed by atoms with E-state index in [-0.39, 0.29) is 17.0 Å². The fourth-order valence-electron chi connectivity index (χ4n) is 4.47. The summed E-state index contributed by atoms with van der Waals surface area (Å²) in [7, 11) is -0.610. The number of fused-ring (bicyclic) bond motifs is 2. The second-order valence-electron chi connectivity index (χ2n) is 8.65. The third kappa shape index (κ3) is 4.72. The molecular formula is C28H25N3O5S2. The number of carbonyl (C=O) groups excluding carboxylic acids is 1. The molecule has 1 aromatic heterocycles. The minimum atomic E-state index is -3.71. The van der Waals surface area contributed by atoms with Gasteiger partial charge in [0.1, 0.15) is 0 Å². The maximum Gasteiger partial charge on any atom is 0.279 e. The Morgan fingerprint density at radius 3 is 2.42 bits per heavy atom. The van der Waals surface area contributed by atoms with E-state index >= 15 is 0 Å². The lowest BCUT2D eigenvalue weighted by Crippen LogP contribution is -2.35. The van der Waals surface area contributed by atoms with Crippen molar-refractivity contribution < 1.29 is 22.7 Å². The lowest BCUT2D eigenvalue weighted by Gasteiger charge is -2.28. The predicted molar refractivity (Wildman–Crippen MR) is 146 cm³/mol. The molecule has 10 heteroatoms. The van der Waals surface area contributed by atoms with Gasteiger partial charge < -0.3 is 14.0 Å². The van der Waals surface area contributed by atoms with E-state index in [9.17, 15) is 13.2 Å². The summed E-state index contributed by atoms with van der Waals surface area (Å²) in [5.41, 5.74) is 3.21. The van der Waals surface area contributed by atoms with Gasteiger partial charge in [-0.15, -0.1) is 6.42 Å². The number of aromatic nitrogens is 1. The highest BCUT2D eigenvalue weighted by Crippen LogP contribution is 2.33. The van der Waals surface area contributed by atoms with Crippen molar-refractivity contribution in [2.24, 2.45) is 4.99 Å². The second kappa shape index (κ2) is 10.5. The molecule has 4 aromatic rings. The molecule has 0 spiro atoms. The number of hydrogen-bond donors (Lipinski definition) is 0. The van der Waals surface area contributed by atoms with Crippen LogP contribution in [0.2, 0.25) is 0 Å². The molecule has 0 saturated heterocycles. The molecule has 0 atom stereocenters. The van der Waals surface area contributed by atoms with Crippen molar-refractivity contribution >= 4 is 37.5 Å². The SMILES string of the molecule is C#CCn1c(=NC(=O)c2ccc(S(=O)(=O)N3CCc4ccccc4C3)cc2)sc2cc(OC)c(OC)cc21. The highest BCUT2D eigenvalue weighted by molar-refractivity contribution is 7.89. The first-order valence-corrected chi connectivity index (χ1v) is 14.1. The summed E-state index contributed by atoms with van der Waals surface area (Å²) in [5, 5.41) is 0. The van der Waals surface area contributed by atoms with E-state index in [1.165, 1.54) is 45.5 Å². The van der Waals surface area contributed by atoms with Crippen LogP contribution < -0.4 is 14.3 Å². The Morgan fingerprint density at radius 2 is 1.74 bits per heavy atom. The van der Waals surface area contributed by atoms with Gasteiger partial charge in [-0.25, -0.2) is 8.42 Å². The highest BCUT2D eigenvalue weighted by atomic mass is 32.2. The number of benzene rings is 3. The van der Waals surface area contributed by atoms with E-state index in [1.54, 1.807) is 24.9 Å². The number of nitrogens with zero attached hydrogens (tertiary/aromatic N) is 3. The lowest BCUT2D eigenvalue weighted by molar-refractivity contribution is 0.0997. The normalized spacial score (nSPS) is 14.2. The Labute approximate surface area is 224 Å². The summed E-state index contributed by atoms with van der Waals surface area (Å²) >= 11 is 1.30. The second-order valence-corrected chi connectivity index (χ2v) is 11.6. The largest absolute Gasteiger partial charge is 0.493 e. The van der Waals surface area contributed by atoms with Crippen LogP contribution in [0.3, 0.4) is 0 Å². The van der Waals surface area contributed by atoms with Crippen LogP contribution in [0.5, 0.6) is 11.5 Å². The van der Waals surface area contributed by atoms with Crippen LogP contribution >= 0.6 is 11.3 Å². The first-order valence-electron chi connectivity index (χ1n) is 11.8. The van der Waals surface area contributed by atoms with Gasteiger partial charge in [0.15, 0.2) is 16.3 Å². The van der Waals surface area contributed by atoms with Crippen LogP contribution in [-0.4, -0.2) is 44.0 Å². The molecule has 0 radical (unpaired) electrons. The smallest absolute Gasteiger partial charge is 0.279 e. The van der Waals surface area contributed by atoms with E-state index in [1.807, 2.05) is 30.3 Å². The average Bonchev–Trinajstić information content (AvgIpc) is 3.27. The number of ether oxygens (including phenoxy) is 2. The fraction of sp³-hybridized carbons (Fsp3) is 0.214. The zero-order chi connectivity index (χ0) is 26.9. The third-order valence-electron chi connectivity index (χ3n) is 6.47. The van der Waals surface area contributed by atoms with Crippen LogP contribution in [0.1, 0.15) is 21.5 Å². The number of sulfonamides is 1. The van der Waals surface area contributed by atoms with E-state index in [4.69, 9.17) is 15.9 Å². The van der Waals surface area contributed by atoms with Gasteiger partial charge in [-0.3, -0.25) is 4.79 Å². The van der Waals surface area contributed by atoms with Crippen LogP contribution in [0.15, 0.2) is 70.6 Å². The Morgan fingerprint density at radius 1 is 1.05 bits per heavy atom. The Hall–Kier alpha value is -3.91. The van der Waals surface area contributed by atoms with Crippen molar-refractivity contribution in [2.75, 3.05) is 20.8 Å². The van der Waals surface area contributed by atoms with E-state index in [2.05, 4.69) is 10.9 Å². The van der Waals surface area contributed by atoms with Crippen LogP contribution in [0, 0.1) is 12.3 Å². The van der Waals surface area contributed by atoms with Crippen LogP contribution in [0.25, 0.3) is 10.2 Å². The zero-order valence-corrected chi connectivity index (χ0v) is 22.5. The first kappa shape index (κ1) is 25.7. The van der Waals surface area contributed by atoms with Crippen molar-refractivity contribution in [3.05, 3.63) is 82.2 Å². The zero-order valence-electron chi connectivity index (χ0n) is 20.9. The molecule has 38 heavy (non-hydrogen) atoms. The van der Waals surface area contributed by atoms with E-state index in [0.29, 0.717) is 35.8 Å². The number of hydrogen-bond acceptors (Lipinski definition) is 6. The third-order valence-corrected chi connectivity index (χ3v) is 9.37. The minimum Gasteiger partial charge on any atom is -0.493 e. The Balaban J connectivity index is 1.44. The summed E-state index contributed by atoms with van der Waals surface area (Å²) in [4.78, 5) is 17.9. The quantitative estimate of drug-likeness (QED) is 0.342. The summed E-state index contributed by atoms with van der Waals surface area (Å²) < 4.78 is 41.4. The van der Waals surface area contributed by atoms with Gasteiger partial charge in [0, 0.05) is 30.8 Å². The van der Waals surface area contributed by atoms with Crippen molar-refractivity contribution in [1.29, 1.82) is 0 Å². The van der Waals surface area contributed by atoms with Gasteiger partial charge in [0.25, 0.3) is 5.91 Å². The summed E-state index contributed by atoms with van der Waals surface area (Å²) in [6, 6.07) is 17.3. The molecule has 5 rings (SSSR count). The van der Waals surface area contributed by atoms with Gasteiger partial charge in [-0.1, -0.05) is 41.5 Å². The lowest BCUT2D eigenvalue weighted by atomic mass is 10.0. The molecule has 8 nitrogen and oxygen atoms in total. The minimum absolute atomic E-state index is 0.136. The van der Waals surface area contributed by atoms with Gasteiger partial charge in [0.05, 0.1) is 35.9 Å². The molecule has 0 unspecified atom stereocenters. The number of thiazole rings is 1. The fourth-order valence-corrected chi connectivity index (χ4v) is 6.93. The predicted octanol–water partition coefficient (Wildman–Crippen LogP) is 3.84. The molecule has 0 bridgehead atoms. The summed E-state index contributed by atoms with van der Waals surface area (Å²) in [6.45, 7) is 0.939. The molecule has 3 aromatic carbocycles. The van der Waals surface area contributed by atoms with Crippen molar-refractivity contribution in [2.45, 2.75) is 24.4 Å². The van der Waals surface area contributed by atoms with Crippen LogP contribution in [-0.2, 0) is 29.5 Å². The summed E-state index contributed by atoms with van der Waals surface area (Å²) in [6.07, 6.45) is 6.25. The molecule has 2 heterocycles. The molecule has 1 amide bonds. The van der Waals surface area contributed by atoms with E-state index in [0.717, 1.165) is 15.8 Å². The molecule has 1 aliphatic rings. The standard InChI is InChI=1S/C28H25N3O5S2/c1-4-14-31-23-16-24(35-2)25(36-3)17-26(23)37-28(31)29-27(32)20-9-11-22(12-10-20)38(33,34)30-15-13-19-7-5-6-8-21(19)18-30/h1,5-12,16-17H,13-15,18H2,2-3H3. The van der Waals surface area contributed by atoms with Crippen molar-refractivity contribution in [3.63, 3.8) is 0 Å². The number of rotatable bonds is 6. The topological polar surface area (TPSA) is 90.2 Å². The van der Waals surface area contributed by atoms with Gasteiger partial charge in [-0.2, -0.15) is 9.30 Å². The van der Waals surface area contributed by atoms with Crippen LogP contribution in [0.4, 0.5) is 0 Å². The molecule has 194 valence electrons. The van der Waals surface area contributed by atoms with Gasteiger partial charge in [-0.05, 0) is 41.8 Å². The van der Waals surface area contributed by atoms with Gasteiger partial charge >= 0.3 is 0 Å². The highest BCUT2D eigenvalue weighted by Gasteiger charge is 2.28. The van der Waals surface area contributed by atoms with Gasteiger partial charge in [0.2, 0.25) is 10.0 Å². The van der Waals surface area contributed by atoms with Crippen molar-refractivity contribution in [3.8, 4) is 23.8 Å². The number of amides is 1. The molecule has 0 aliphatic carbocycles. The van der Waals surface area contributed by atoms with E-state index < -0.39 is 15.9 Å². The number of carbonyl (C=O) groups is 1. The monoisotopic (exact) mass is 547 g/mol. The molecule has 0 fully saturated rings.